The van der Waals surface area contributed by atoms with E-state index in [9.17, 15) is 0 Å². The van der Waals surface area contributed by atoms with Crippen molar-refractivity contribution in [3.63, 3.8) is 0 Å². The van der Waals surface area contributed by atoms with E-state index >= 15 is 0 Å². The number of rotatable bonds is 3. The Hall–Kier alpha value is -2.37. The molecule has 0 N–H and O–H groups in total. The smallest absolute Gasteiger partial charge is 0.209 e. The fourth-order valence-corrected chi connectivity index (χ4v) is 4.52. The van der Waals surface area contributed by atoms with Gasteiger partial charge < -0.3 is 9.91 Å². The van der Waals surface area contributed by atoms with Crippen molar-refractivity contribution in [1.29, 1.82) is 0 Å². The summed E-state index contributed by atoms with van der Waals surface area (Å²) >= 11 is 1.71. The molecule has 0 atom stereocenters. The van der Waals surface area contributed by atoms with Crippen LogP contribution < -0.4 is 9.81 Å². The van der Waals surface area contributed by atoms with Gasteiger partial charge in [-0.25, -0.2) is 9.67 Å². The fourth-order valence-electron chi connectivity index (χ4n) is 3.60. The number of benzene rings is 2. The molecule has 1 aromatic heterocycles. The van der Waals surface area contributed by atoms with Crippen molar-refractivity contribution in [1.82, 2.24) is 9.58 Å². The standard InChI is InChI=1S/C24H30N4S/c1-24(2,3)20-12-10-19(11-13-20)22-18-29-23(25-21-8-6-5-7-9-21)28(22)27-16-14-26(4)15-17-27/h5-13,18H,14-17H2,1-4H3. The van der Waals surface area contributed by atoms with Gasteiger partial charge in [-0.15, -0.1) is 11.3 Å². The number of likely N-dealkylation sites (N-methyl/N-ethyl adjacent to an activating group) is 1. The Balaban J connectivity index is 1.79. The molecule has 4 nitrogen and oxygen atoms in total. The van der Waals surface area contributed by atoms with Gasteiger partial charge in [0.2, 0.25) is 4.80 Å². The van der Waals surface area contributed by atoms with E-state index in [1.807, 2.05) is 18.2 Å². The third-order valence-corrected chi connectivity index (χ3v) is 6.29. The number of hydrogen-bond donors (Lipinski definition) is 0. The van der Waals surface area contributed by atoms with Gasteiger partial charge >= 0.3 is 0 Å². The molecule has 0 bridgehead atoms. The first-order valence-corrected chi connectivity index (χ1v) is 11.1. The van der Waals surface area contributed by atoms with Gasteiger partial charge in [-0.05, 0) is 30.2 Å². The van der Waals surface area contributed by atoms with E-state index in [0.717, 1.165) is 36.7 Å². The second-order valence-corrected chi connectivity index (χ2v) is 9.58. The van der Waals surface area contributed by atoms with Gasteiger partial charge in [-0.2, -0.15) is 0 Å². The van der Waals surface area contributed by atoms with E-state index in [1.54, 1.807) is 11.3 Å². The molecule has 0 spiro atoms. The van der Waals surface area contributed by atoms with Crippen molar-refractivity contribution in [3.8, 4) is 11.3 Å². The summed E-state index contributed by atoms with van der Waals surface area (Å²) in [5.74, 6) is 0. The molecule has 0 saturated carbocycles. The maximum Gasteiger partial charge on any atom is 0.209 e. The van der Waals surface area contributed by atoms with Crippen LogP contribution in [0.1, 0.15) is 26.3 Å². The van der Waals surface area contributed by atoms with Crippen molar-refractivity contribution in [3.05, 3.63) is 70.3 Å². The maximum atomic E-state index is 4.96. The van der Waals surface area contributed by atoms with Crippen molar-refractivity contribution in [2.24, 2.45) is 4.99 Å². The average molecular weight is 407 g/mol. The molecule has 2 heterocycles. The number of para-hydroxylation sites is 1. The molecule has 0 aliphatic carbocycles. The molecule has 4 rings (SSSR count). The highest BCUT2D eigenvalue weighted by Crippen LogP contribution is 2.27. The molecular weight excluding hydrogens is 376 g/mol. The molecule has 1 fully saturated rings. The monoisotopic (exact) mass is 406 g/mol. The Labute approximate surface area is 177 Å². The molecule has 1 aliphatic heterocycles. The van der Waals surface area contributed by atoms with Crippen molar-refractivity contribution < 1.29 is 0 Å². The Bertz CT molecular complexity index is 1000. The SMILES string of the molecule is CN1CCN(n2c(-c3ccc(C(C)(C)C)cc3)csc2=Nc2ccccc2)CC1. The zero-order valence-corrected chi connectivity index (χ0v) is 18.6. The first kappa shape index (κ1) is 19.9. The third-order valence-electron chi connectivity index (χ3n) is 5.48. The van der Waals surface area contributed by atoms with Gasteiger partial charge in [-0.3, -0.25) is 0 Å². The normalized spacial score (nSPS) is 16.4. The van der Waals surface area contributed by atoms with E-state index in [0.29, 0.717) is 0 Å². The van der Waals surface area contributed by atoms with Crippen LogP contribution in [0.2, 0.25) is 0 Å². The quantitative estimate of drug-likeness (QED) is 0.633. The van der Waals surface area contributed by atoms with Crippen LogP contribution in [0.3, 0.4) is 0 Å². The summed E-state index contributed by atoms with van der Waals surface area (Å²) in [6.07, 6.45) is 0. The number of hydrogen-bond acceptors (Lipinski definition) is 4. The molecule has 2 aromatic carbocycles. The van der Waals surface area contributed by atoms with E-state index in [1.165, 1.54) is 16.8 Å². The molecule has 0 unspecified atom stereocenters. The lowest BCUT2D eigenvalue weighted by Gasteiger charge is -2.35. The van der Waals surface area contributed by atoms with Gasteiger partial charge in [0, 0.05) is 37.1 Å². The van der Waals surface area contributed by atoms with Crippen LogP contribution in [-0.4, -0.2) is 42.8 Å². The Kier molecular flexibility index (Phi) is 5.61. The van der Waals surface area contributed by atoms with Crippen molar-refractivity contribution in [2.75, 3.05) is 38.2 Å². The maximum absolute atomic E-state index is 4.96. The van der Waals surface area contributed by atoms with E-state index in [2.05, 4.69) is 84.2 Å². The second-order valence-electron chi connectivity index (χ2n) is 8.75. The lowest BCUT2D eigenvalue weighted by Crippen LogP contribution is -2.52. The molecule has 0 amide bonds. The molecular formula is C24H30N4S. The van der Waals surface area contributed by atoms with Crippen LogP contribution in [-0.2, 0) is 5.41 Å². The van der Waals surface area contributed by atoms with Crippen LogP contribution >= 0.6 is 11.3 Å². The number of nitrogens with zero attached hydrogens (tertiary/aromatic N) is 4. The van der Waals surface area contributed by atoms with Crippen LogP contribution in [0.15, 0.2) is 65.0 Å². The van der Waals surface area contributed by atoms with Crippen molar-refractivity contribution in [2.45, 2.75) is 26.2 Å². The fraction of sp³-hybridized carbons (Fsp3) is 0.375. The second kappa shape index (κ2) is 8.17. The summed E-state index contributed by atoms with van der Waals surface area (Å²) in [5.41, 5.74) is 4.97. The Morgan fingerprint density at radius 2 is 1.52 bits per heavy atom. The van der Waals surface area contributed by atoms with Crippen LogP contribution in [0.5, 0.6) is 0 Å². The number of aromatic nitrogens is 1. The Morgan fingerprint density at radius 3 is 2.14 bits per heavy atom. The molecule has 0 radical (unpaired) electrons. The molecule has 1 aliphatic rings. The van der Waals surface area contributed by atoms with Gasteiger partial charge in [0.25, 0.3) is 0 Å². The van der Waals surface area contributed by atoms with Crippen LogP contribution in [0, 0.1) is 0 Å². The number of piperazine rings is 1. The third kappa shape index (κ3) is 4.46. The van der Waals surface area contributed by atoms with Gasteiger partial charge in [0.15, 0.2) is 0 Å². The van der Waals surface area contributed by atoms with Gasteiger partial charge in [0.05, 0.1) is 11.4 Å². The van der Waals surface area contributed by atoms with Gasteiger partial charge in [-0.1, -0.05) is 63.2 Å². The highest BCUT2D eigenvalue weighted by atomic mass is 32.1. The lowest BCUT2D eigenvalue weighted by atomic mass is 9.86. The first-order valence-electron chi connectivity index (χ1n) is 10.3. The van der Waals surface area contributed by atoms with E-state index in [4.69, 9.17) is 4.99 Å². The lowest BCUT2D eigenvalue weighted by molar-refractivity contribution is 0.287. The largest absolute Gasteiger partial charge is 0.308 e. The summed E-state index contributed by atoms with van der Waals surface area (Å²) in [6.45, 7) is 10.9. The molecule has 1 saturated heterocycles. The zero-order chi connectivity index (χ0) is 20.4. The minimum atomic E-state index is 0.161. The Morgan fingerprint density at radius 1 is 0.862 bits per heavy atom. The number of thiazole rings is 1. The molecule has 152 valence electrons. The van der Waals surface area contributed by atoms with Gasteiger partial charge in [0.1, 0.15) is 0 Å². The topological polar surface area (TPSA) is 23.8 Å². The summed E-state index contributed by atoms with van der Waals surface area (Å²) < 4.78 is 2.33. The summed E-state index contributed by atoms with van der Waals surface area (Å²) in [7, 11) is 2.19. The van der Waals surface area contributed by atoms with Crippen LogP contribution in [0.4, 0.5) is 5.69 Å². The average Bonchev–Trinajstić information content (AvgIpc) is 3.12. The summed E-state index contributed by atoms with van der Waals surface area (Å²) in [4.78, 5) is 8.37. The summed E-state index contributed by atoms with van der Waals surface area (Å²) in [5, 5.41) is 4.68. The van der Waals surface area contributed by atoms with E-state index < -0.39 is 0 Å². The minimum absolute atomic E-state index is 0.161. The molecule has 29 heavy (non-hydrogen) atoms. The minimum Gasteiger partial charge on any atom is -0.308 e. The predicted octanol–water partition coefficient (Wildman–Crippen LogP) is 4.63. The molecule has 3 aromatic rings. The van der Waals surface area contributed by atoms with E-state index in [-0.39, 0.29) is 5.41 Å². The summed E-state index contributed by atoms with van der Waals surface area (Å²) in [6, 6.07) is 19.3. The highest BCUT2D eigenvalue weighted by Gasteiger charge is 2.20. The molecule has 5 heteroatoms. The van der Waals surface area contributed by atoms with Crippen molar-refractivity contribution >= 4 is 17.0 Å². The zero-order valence-electron chi connectivity index (χ0n) is 17.8. The highest BCUT2D eigenvalue weighted by molar-refractivity contribution is 7.07. The predicted molar refractivity (Wildman–Crippen MR) is 124 cm³/mol. The first-order chi connectivity index (χ1) is 13.9. The van der Waals surface area contributed by atoms with Crippen LogP contribution in [0.25, 0.3) is 11.3 Å².